The Morgan fingerprint density at radius 2 is 2.08 bits per heavy atom. The number of benzene rings is 1. The second-order valence-electron chi connectivity index (χ2n) is 2.78. The molecule has 1 aromatic rings. The zero-order chi connectivity index (χ0) is 9.84. The number of halogens is 2. The topological polar surface area (TPSA) is 46.2 Å². The fraction of sp³-hybridized carbons (Fsp3) is 0.333. The van der Waals surface area contributed by atoms with Crippen molar-refractivity contribution >= 4 is 0 Å². The molecule has 0 heterocycles. The van der Waals surface area contributed by atoms with Crippen LogP contribution < -0.4 is 5.73 Å². The van der Waals surface area contributed by atoms with E-state index in [-0.39, 0.29) is 18.6 Å². The van der Waals surface area contributed by atoms with E-state index < -0.39 is 17.7 Å². The second-order valence-corrected chi connectivity index (χ2v) is 2.78. The summed E-state index contributed by atoms with van der Waals surface area (Å²) in [6, 6.07) is 2.65. The van der Waals surface area contributed by atoms with Gasteiger partial charge in [0.05, 0.1) is 0 Å². The molecular weight excluding hydrogens is 176 g/mol. The van der Waals surface area contributed by atoms with E-state index in [1.165, 1.54) is 6.07 Å². The molecule has 0 unspecified atom stereocenters. The Balaban J connectivity index is 2.88. The maximum absolute atomic E-state index is 13.0. The highest BCUT2D eigenvalue weighted by atomic mass is 19.1. The van der Waals surface area contributed by atoms with Crippen molar-refractivity contribution in [3.05, 3.63) is 35.4 Å². The van der Waals surface area contributed by atoms with E-state index in [1.54, 1.807) is 0 Å². The predicted octanol–water partition coefficient (Wildman–Crippen LogP) is 1.35. The normalized spacial score (nSPS) is 12.9. The van der Waals surface area contributed by atoms with Gasteiger partial charge in [-0.3, -0.25) is 0 Å². The average molecular weight is 187 g/mol. The fourth-order valence-corrected chi connectivity index (χ4v) is 1.10. The molecule has 0 radical (unpaired) electrons. The van der Waals surface area contributed by atoms with E-state index in [0.717, 1.165) is 12.1 Å². The highest BCUT2D eigenvalue weighted by molar-refractivity contribution is 5.21. The Labute approximate surface area is 75.0 Å². The van der Waals surface area contributed by atoms with E-state index in [0.29, 0.717) is 0 Å². The van der Waals surface area contributed by atoms with Gasteiger partial charge in [-0.15, -0.1) is 0 Å². The molecule has 1 atom stereocenters. The van der Waals surface area contributed by atoms with Crippen LogP contribution in [0.3, 0.4) is 0 Å². The van der Waals surface area contributed by atoms with E-state index in [1.807, 2.05) is 0 Å². The van der Waals surface area contributed by atoms with Gasteiger partial charge in [0.2, 0.25) is 0 Å². The van der Waals surface area contributed by atoms with Crippen LogP contribution in [0.1, 0.15) is 18.0 Å². The number of hydrogen-bond acceptors (Lipinski definition) is 2. The highest BCUT2D eigenvalue weighted by Crippen LogP contribution is 2.18. The zero-order valence-corrected chi connectivity index (χ0v) is 7.00. The monoisotopic (exact) mass is 187 g/mol. The molecule has 0 spiro atoms. The minimum atomic E-state index is -0.666. The van der Waals surface area contributed by atoms with Gasteiger partial charge in [-0.1, -0.05) is 6.07 Å². The van der Waals surface area contributed by atoms with Crippen molar-refractivity contribution in [2.75, 3.05) is 6.61 Å². The molecule has 0 bridgehead atoms. The van der Waals surface area contributed by atoms with Crippen molar-refractivity contribution in [2.45, 2.75) is 12.5 Å². The Morgan fingerprint density at radius 3 is 2.62 bits per heavy atom. The summed E-state index contributed by atoms with van der Waals surface area (Å²) in [5.74, 6) is -1.29. The van der Waals surface area contributed by atoms with Gasteiger partial charge >= 0.3 is 0 Å². The van der Waals surface area contributed by atoms with Gasteiger partial charge in [0.1, 0.15) is 11.6 Å². The highest BCUT2D eigenvalue weighted by Gasteiger charge is 2.10. The Hall–Kier alpha value is -1.00. The van der Waals surface area contributed by atoms with E-state index in [2.05, 4.69) is 0 Å². The molecule has 0 fully saturated rings. The maximum Gasteiger partial charge on any atom is 0.130 e. The van der Waals surface area contributed by atoms with Crippen LogP contribution in [0.15, 0.2) is 18.2 Å². The first kappa shape index (κ1) is 10.1. The predicted molar refractivity (Wildman–Crippen MR) is 45.0 cm³/mol. The number of aliphatic hydroxyl groups excluding tert-OH is 1. The third-order valence-corrected chi connectivity index (χ3v) is 1.80. The average Bonchev–Trinajstić information content (AvgIpc) is 2.04. The van der Waals surface area contributed by atoms with Crippen molar-refractivity contribution in [2.24, 2.45) is 5.73 Å². The van der Waals surface area contributed by atoms with Crippen LogP contribution >= 0.6 is 0 Å². The summed E-state index contributed by atoms with van der Waals surface area (Å²) in [6.07, 6.45) is 0.266. The summed E-state index contributed by atoms with van der Waals surface area (Å²) in [6.45, 7) is -0.113. The van der Waals surface area contributed by atoms with E-state index in [9.17, 15) is 8.78 Å². The van der Waals surface area contributed by atoms with E-state index in [4.69, 9.17) is 10.8 Å². The zero-order valence-electron chi connectivity index (χ0n) is 7.00. The fourth-order valence-electron chi connectivity index (χ4n) is 1.10. The summed E-state index contributed by atoms with van der Waals surface area (Å²) >= 11 is 0. The SMILES string of the molecule is N[C@@H](CCO)c1ccc(F)cc1F. The molecule has 3 N–H and O–H groups in total. The lowest BCUT2D eigenvalue weighted by atomic mass is 10.0. The van der Waals surface area contributed by atoms with Gasteiger partial charge in [0.25, 0.3) is 0 Å². The lowest BCUT2D eigenvalue weighted by Crippen LogP contribution is -2.13. The lowest BCUT2D eigenvalue weighted by Gasteiger charge is -2.10. The first-order chi connectivity index (χ1) is 6.15. The van der Waals surface area contributed by atoms with Crippen molar-refractivity contribution in [3.8, 4) is 0 Å². The molecular formula is C9H11F2NO. The van der Waals surface area contributed by atoms with Gasteiger partial charge in [-0.25, -0.2) is 8.78 Å². The van der Waals surface area contributed by atoms with Crippen molar-refractivity contribution in [1.82, 2.24) is 0 Å². The van der Waals surface area contributed by atoms with Crippen LogP contribution in [-0.2, 0) is 0 Å². The van der Waals surface area contributed by atoms with Gasteiger partial charge in [0, 0.05) is 24.3 Å². The Bertz CT molecular complexity index is 291. The second kappa shape index (κ2) is 4.30. The summed E-state index contributed by atoms with van der Waals surface area (Å²) in [5, 5.41) is 8.57. The molecule has 0 amide bonds. The largest absolute Gasteiger partial charge is 0.396 e. The first-order valence-corrected chi connectivity index (χ1v) is 3.96. The van der Waals surface area contributed by atoms with Crippen LogP contribution in [0.5, 0.6) is 0 Å². The molecule has 0 saturated carbocycles. The standard InChI is InChI=1S/C9H11F2NO/c10-6-1-2-7(8(11)5-6)9(12)3-4-13/h1-2,5,9,13H,3-4,12H2/t9-/m0/s1. The van der Waals surface area contributed by atoms with Crippen molar-refractivity contribution < 1.29 is 13.9 Å². The molecule has 0 aliphatic carbocycles. The van der Waals surface area contributed by atoms with Crippen LogP contribution in [0.4, 0.5) is 8.78 Å². The summed E-state index contributed by atoms with van der Waals surface area (Å²) in [5.41, 5.74) is 5.77. The van der Waals surface area contributed by atoms with Gasteiger partial charge < -0.3 is 10.8 Å². The van der Waals surface area contributed by atoms with Crippen molar-refractivity contribution in [1.29, 1.82) is 0 Å². The number of aliphatic hydroxyl groups is 1. The molecule has 0 aromatic heterocycles. The smallest absolute Gasteiger partial charge is 0.130 e. The lowest BCUT2D eigenvalue weighted by molar-refractivity contribution is 0.275. The molecule has 0 aliphatic rings. The summed E-state index contributed by atoms with van der Waals surface area (Å²) in [4.78, 5) is 0. The molecule has 0 saturated heterocycles. The minimum absolute atomic E-state index is 0.113. The third-order valence-electron chi connectivity index (χ3n) is 1.80. The van der Waals surface area contributed by atoms with Gasteiger partial charge in [0.15, 0.2) is 0 Å². The summed E-state index contributed by atoms with van der Waals surface area (Å²) in [7, 11) is 0. The van der Waals surface area contributed by atoms with E-state index >= 15 is 0 Å². The molecule has 1 aromatic carbocycles. The number of rotatable bonds is 3. The molecule has 4 heteroatoms. The first-order valence-electron chi connectivity index (χ1n) is 3.96. The third kappa shape index (κ3) is 2.47. The molecule has 13 heavy (non-hydrogen) atoms. The van der Waals surface area contributed by atoms with Crippen LogP contribution in [0, 0.1) is 11.6 Å². The van der Waals surface area contributed by atoms with Crippen LogP contribution in [0.2, 0.25) is 0 Å². The number of nitrogens with two attached hydrogens (primary N) is 1. The minimum Gasteiger partial charge on any atom is -0.396 e. The molecule has 72 valence electrons. The molecule has 2 nitrogen and oxygen atoms in total. The molecule has 0 aliphatic heterocycles. The Kier molecular flexibility index (Phi) is 3.33. The van der Waals surface area contributed by atoms with Crippen molar-refractivity contribution in [3.63, 3.8) is 0 Å². The Morgan fingerprint density at radius 1 is 1.38 bits per heavy atom. The molecule has 1 rings (SSSR count). The van der Waals surface area contributed by atoms with Crippen LogP contribution in [-0.4, -0.2) is 11.7 Å². The summed E-state index contributed by atoms with van der Waals surface area (Å²) < 4.78 is 25.5. The van der Waals surface area contributed by atoms with Gasteiger partial charge in [-0.2, -0.15) is 0 Å². The number of hydrogen-bond donors (Lipinski definition) is 2. The van der Waals surface area contributed by atoms with Crippen LogP contribution in [0.25, 0.3) is 0 Å². The van der Waals surface area contributed by atoms with Gasteiger partial charge in [-0.05, 0) is 12.5 Å². The maximum atomic E-state index is 13.0. The quantitative estimate of drug-likeness (QED) is 0.750.